The van der Waals surface area contributed by atoms with Crippen LogP contribution in [-0.4, -0.2) is 27.7 Å². The molecule has 1 atom stereocenters. The quantitative estimate of drug-likeness (QED) is 0.533. The summed E-state index contributed by atoms with van der Waals surface area (Å²) in [5.41, 5.74) is 5.92. The molecule has 0 fully saturated rings. The summed E-state index contributed by atoms with van der Waals surface area (Å²) in [4.78, 5) is 11.6. The average molecular weight is 165 g/mol. The van der Waals surface area contributed by atoms with E-state index in [1.807, 2.05) is 0 Å². The maximum Gasteiger partial charge on any atom is 0.198 e. The molecule has 1 aliphatic rings. The molecule has 12 heavy (non-hydrogen) atoms. The van der Waals surface area contributed by atoms with E-state index >= 15 is 0 Å². The molecule has 0 radical (unpaired) electrons. The van der Waals surface area contributed by atoms with Gasteiger partial charge >= 0.3 is 0 Å². The molecule has 0 bridgehead atoms. The number of nitrogens with zero attached hydrogens (tertiary/aromatic N) is 4. The molecule has 0 amide bonds. The maximum atomic E-state index is 9.32. The van der Waals surface area contributed by atoms with Gasteiger partial charge in [0, 0.05) is 12.4 Å². The molecule has 2 rings (SSSR count). The number of rotatable bonds is 0. The lowest BCUT2D eigenvalue weighted by molar-refractivity contribution is 0.215. The van der Waals surface area contributed by atoms with Crippen molar-refractivity contribution in [2.24, 2.45) is 10.7 Å². The van der Waals surface area contributed by atoms with Gasteiger partial charge in [-0.15, -0.1) is 0 Å². The summed E-state index contributed by atoms with van der Waals surface area (Å²) < 4.78 is 0. The van der Waals surface area contributed by atoms with Crippen molar-refractivity contribution in [2.45, 2.75) is 6.29 Å². The molecule has 2 heterocycles. The second kappa shape index (κ2) is 2.50. The number of fused-ring (bicyclic) bond motifs is 1. The maximum absolute atomic E-state index is 9.32. The van der Waals surface area contributed by atoms with Crippen LogP contribution in [0.1, 0.15) is 5.69 Å². The highest BCUT2D eigenvalue weighted by Gasteiger charge is 2.20. The van der Waals surface area contributed by atoms with Crippen molar-refractivity contribution in [1.82, 2.24) is 9.97 Å². The van der Waals surface area contributed by atoms with E-state index in [0.717, 1.165) is 5.06 Å². The van der Waals surface area contributed by atoms with Crippen molar-refractivity contribution in [3.63, 3.8) is 0 Å². The van der Waals surface area contributed by atoms with Crippen LogP contribution in [-0.2, 0) is 0 Å². The summed E-state index contributed by atoms with van der Waals surface area (Å²) in [6.07, 6.45) is 3.71. The van der Waals surface area contributed by atoms with Gasteiger partial charge in [0.05, 0.1) is 6.21 Å². The molecular formula is C6H7N5O. The molecule has 6 nitrogen and oxygen atoms in total. The highest BCUT2D eigenvalue weighted by molar-refractivity contribution is 5.85. The van der Waals surface area contributed by atoms with Gasteiger partial charge in [-0.1, -0.05) is 0 Å². The van der Waals surface area contributed by atoms with Crippen LogP contribution in [0.3, 0.4) is 0 Å². The van der Waals surface area contributed by atoms with Crippen LogP contribution in [0.25, 0.3) is 0 Å². The van der Waals surface area contributed by atoms with E-state index in [2.05, 4.69) is 15.0 Å². The van der Waals surface area contributed by atoms with E-state index in [1.165, 1.54) is 18.6 Å². The first-order valence-corrected chi connectivity index (χ1v) is 3.37. The minimum Gasteiger partial charge on any atom is -0.291 e. The molecule has 0 saturated carbocycles. The molecule has 1 unspecified atom stereocenters. The molecule has 3 N–H and O–H groups in total. The van der Waals surface area contributed by atoms with Crippen molar-refractivity contribution >= 4 is 12.0 Å². The van der Waals surface area contributed by atoms with Crippen LogP contribution in [0.15, 0.2) is 17.4 Å². The smallest absolute Gasteiger partial charge is 0.198 e. The number of hydrogen-bond donors (Lipinski definition) is 2. The lowest BCUT2D eigenvalue weighted by Crippen LogP contribution is -2.41. The topological polar surface area (TPSA) is 87.6 Å². The summed E-state index contributed by atoms with van der Waals surface area (Å²) in [5, 5.41) is 10.1. The molecule has 6 heteroatoms. The van der Waals surface area contributed by atoms with E-state index in [9.17, 15) is 5.21 Å². The van der Waals surface area contributed by atoms with Gasteiger partial charge in [-0.05, 0) is 0 Å². The third-order valence-corrected chi connectivity index (χ3v) is 1.52. The largest absolute Gasteiger partial charge is 0.291 e. The number of aliphatic imine (C=N–C) groups is 1. The van der Waals surface area contributed by atoms with E-state index in [-0.39, 0.29) is 0 Å². The van der Waals surface area contributed by atoms with E-state index in [1.54, 1.807) is 0 Å². The van der Waals surface area contributed by atoms with Crippen molar-refractivity contribution < 1.29 is 5.21 Å². The first kappa shape index (κ1) is 7.14. The highest BCUT2D eigenvalue weighted by Crippen LogP contribution is 2.16. The number of nitrogens with two attached hydrogens (primary N) is 1. The van der Waals surface area contributed by atoms with E-state index in [0.29, 0.717) is 11.5 Å². The van der Waals surface area contributed by atoms with Crippen LogP contribution in [0, 0.1) is 0 Å². The van der Waals surface area contributed by atoms with Gasteiger partial charge in [-0.3, -0.25) is 10.9 Å². The van der Waals surface area contributed by atoms with E-state index < -0.39 is 6.29 Å². The Balaban J connectivity index is 2.52. The Labute approximate surface area is 68.3 Å². The van der Waals surface area contributed by atoms with Crippen molar-refractivity contribution in [3.05, 3.63) is 18.1 Å². The summed E-state index contributed by atoms with van der Waals surface area (Å²) in [6.45, 7) is 0. The van der Waals surface area contributed by atoms with Crippen molar-refractivity contribution in [2.75, 3.05) is 5.06 Å². The van der Waals surface area contributed by atoms with Crippen LogP contribution in [0.5, 0.6) is 0 Å². The standard InChI is InChI=1S/C6H7N5O/c7-6-10-3-4-5(11(6)12)9-2-1-8-4/h1-3,6,12H,7H2. The lowest BCUT2D eigenvalue weighted by atomic mass is 10.4. The fourth-order valence-electron chi connectivity index (χ4n) is 0.944. The predicted octanol–water partition coefficient (Wildman–Crippen LogP) is -0.653. The molecule has 1 aromatic rings. The first-order chi connectivity index (χ1) is 5.79. The number of aromatic nitrogens is 2. The Hall–Kier alpha value is -1.53. The summed E-state index contributed by atoms with van der Waals surface area (Å²) in [6, 6.07) is 0. The number of hydrogen-bond acceptors (Lipinski definition) is 6. The third-order valence-electron chi connectivity index (χ3n) is 1.52. The van der Waals surface area contributed by atoms with Gasteiger partial charge in [0.25, 0.3) is 0 Å². The molecule has 1 aliphatic heterocycles. The Morgan fingerprint density at radius 1 is 1.42 bits per heavy atom. The zero-order valence-corrected chi connectivity index (χ0v) is 6.12. The second-order valence-corrected chi connectivity index (χ2v) is 2.30. The zero-order valence-electron chi connectivity index (χ0n) is 6.12. The van der Waals surface area contributed by atoms with Crippen LogP contribution in [0.4, 0.5) is 5.82 Å². The van der Waals surface area contributed by atoms with Gasteiger partial charge < -0.3 is 0 Å². The molecule has 62 valence electrons. The normalized spacial score (nSPS) is 20.8. The minimum absolute atomic E-state index is 0.333. The average Bonchev–Trinajstić information content (AvgIpc) is 2.12. The Morgan fingerprint density at radius 2 is 2.17 bits per heavy atom. The van der Waals surface area contributed by atoms with Crippen molar-refractivity contribution in [1.29, 1.82) is 0 Å². The summed E-state index contributed by atoms with van der Waals surface area (Å²) >= 11 is 0. The van der Waals surface area contributed by atoms with Gasteiger partial charge in [-0.25, -0.2) is 15.0 Å². The number of anilines is 1. The first-order valence-electron chi connectivity index (χ1n) is 3.37. The SMILES string of the molecule is NC1N=Cc2nccnc2N1O. The molecule has 0 aliphatic carbocycles. The molecule has 1 aromatic heterocycles. The Morgan fingerprint density at radius 3 is 3.00 bits per heavy atom. The van der Waals surface area contributed by atoms with Crippen LogP contribution in [0.2, 0.25) is 0 Å². The summed E-state index contributed by atoms with van der Waals surface area (Å²) in [5.74, 6) is 0.333. The molecule has 0 spiro atoms. The fourth-order valence-corrected chi connectivity index (χ4v) is 0.944. The van der Waals surface area contributed by atoms with Gasteiger partial charge in [0.1, 0.15) is 5.69 Å². The van der Waals surface area contributed by atoms with Gasteiger partial charge in [0.2, 0.25) is 0 Å². The minimum atomic E-state index is -0.783. The lowest BCUT2D eigenvalue weighted by Gasteiger charge is -2.23. The predicted molar refractivity (Wildman–Crippen MR) is 41.9 cm³/mol. The van der Waals surface area contributed by atoms with Gasteiger partial charge in [0.15, 0.2) is 12.1 Å². The Bertz CT molecular complexity index is 325. The number of hydroxylamine groups is 1. The van der Waals surface area contributed by atoms with Crippen molar-refractivity contribution in [3.8, 4) is 0 Å². The highest BCUT2D eigenvalue weighted by atomic mass is 16.5. The monoisotopic (exact) mass is 165 g/mol. The Kier molecular flexibility index (Phi) is 1.49. The molecule has 0 saturated heterocycles. The molecular weight excluding hydrogens is 158 g/mol. The molecule has 0 aromatic carbocycles. The fraction of sp³-hybridized carbons (Fsp3) is 0.167. The van der Waals surface area contributed by atoms with Crippen LogP contribution < -0.4 is 10.8 Å². The zero-order chi connectivity index (χ0) is 8.55. The van der Waals surface area contributed by atoms with E-state index in [4.69, 9.17) is 5.73 Å². The second-order valence-electron chi connectivity index (χ2n) is 2.30. The third kappa shape index (κ3) is 0.936. The van der Waals surface area contributed by atoms with Crippen LogP contribution >= 0.6 is 0 Å². The van der Waals surface area contributed by atoms with Gasteiger partial charge in [-0.2, -0.15) is 5.06 Å². The summed E-state index contributed by atoms with van der Waals surface area (Å²) in [7, 11) is 0.